The largest absolute Gasteiger partial charge is 0.350 e. The van der Waals surface area contributed by atoms with E-state index in [0.29, 0.717) is 12.2 Å². The first-order chi connectivity index (χ1) is 14.3. The lowest BCUT2D eigenvalue weighted by Gasteiger charge is -2.43. The molecule has 1 aromatic heterocycles. The quantitative estimate of drug-likeness (QED) is 0.726. The Bertz CT molecular complexity index is 1100. The zero-order valence-electron chi connectivity index (χ0n) is 17.8. The van der Waals surface area contributed by atoms with E-state index in [0.717, 1.165) is 28.1 Å². The molecule has 2 amide bonds. The number of hydrogen-bond acceptors (Lipinski definition) is 3. The lowest BCUT2D eigenvalue weighted by molar-refractivity contribution is -0.126. The number of carbonyl (C=O) groups excluding carboxylic acids is 2. The van der Waals surface area contributed by atoms with Gasteiger partial charge in [-0.05, 0) is 62.6 Å². The summed E-state index contributed by atoms with van der Waals surface area (Å²) in [6.45, 7) is 8.33. The molecular formula is C24H26N4O2. The van der Waals surface area contributed by atoms with Gasteiger partial charge in [0, 0.05) is 12.2 Å². The maximum atomic E-state index is 13.5. The number of fused-ring (bicyclic) bond motifs is 1. The minimum atomic E-state index is -1.11. The Labute approximate surface area is 176 Å². The van der Waals surface area contributed by atoms with Crippen molar-refractivity contribution in [2.75, 3.05) is 4.90 Å². The van der Waals surface area contributed by atoms with Crippen molar-refractivity contribution in [3.63, 3.8) is 0 Å². The fourth-order valence-corrected chi connectivity index (χ4v) is 4.16. The van der Waals surface area contributed by atoms with Gasteiger partial charge in [0.15, 0.2) is 0 Å². The van der Waals surface area contributed by atoms with E-state index >= 15 is 0 Å². The maximum absolute atomic E-state index is 13.5. The molecule has 0 saturated carbocycles. The van der Waals surface area contributed by atoms with E-state index in [2.05, 4.69) is 16.5 Å². The smallest absolute Gasteiger partial charge is 0.277 e. The van der Waals surface area contributed by atoms with Crippen LogP contribution in [0.5, 0.6) is 0 Å². The highest BCUT2D eigenvalue weighted by atomic mass is 16.2. The molecule has 154 valence electrons. The molecule has 6 heteroatoms. The van der Waals surface area contributed by atoms with Crippen LogP contribution in [0.25, 0.3) is 0 Å². The van der Waals surface area contributed by atoms with Gasteiger partial charge in [-0.25, -0.2) is 0 Å². The number of aryl methyl sites for hydroxylation is 3. The van der Waals surface area contributed by atoms with E-state index in [-0.39, 0.29) is 18.4 Å². The Kier molecular flexibility index (Phi) is 4.94. The van der Waals surface area contributed by atoms with E-state index in [1.807, 2.05) is 70.2 Å². The molecule has 0 fully saturated rings. The molecule has 1 aliphatic heterocycles. The van der Waals surface area contributed by atoms with Crippen LogP contribution < -0.4 is 10.2 Å². The average molecular weight is 402 g/mol. The van der Waals surface area contributed by atoms with E-state index < -0.39 is 5.54 Å². The number of nitrogens with one attached hydrogen (secondary N) is 1. The van der Waals surface area contributed by atoms with Gasteiger partial charge in [-0.15, -0.1) is 0 Å². The van der Waals surface area contributed by atoms with Crippen molar-refractivity contribution in [2.24, 2.45) is 0 Å². The first-order valence-electron chi connectivity index (χ1n) is 10.1. The van der Waals surface area contributed by atoms with Gasteiger partial charge in [-0.1, -0.05) is 36.4 Å². The molecule has 0 spiro atoms. The summed E-state index contributed by atoms with van der Waals surface area (Å²) in [5.41, 5.74) is 3.95. The molecule has 0 bridgehead atoms. The fourth-order valence-electron chi connectivity index (χ4n) is 4.16. The van der Waals surface area contributed by atoms with Crippen LogP contribution in [0.15, 0.2) is 54.6 Å². The minimum Gasteiger partial charge on any atom is -0.350 e. The van der Waals surface area contributed by atoms with Gasteiger partial charge < -0.3 is 5.32 Å². The second-order valence-corrected chi connectivity index (χ2v) is 8.26. The van der Waals surface area contributed by atoms with Crippen molar-refractivity contribution in [1.29, 1.82) is 0 Å². The number of benzene rings is 2. The minimum absolute atomic E-state index is 0.210. The number of hydrogen-bond donors (Lipinski definition) is 1. The van der Waals surface area contributed by atoms with Gasteiger partial charge in [0.05, 0.1) is 12.2 Å². The van der Waals surface area contributed by atoms with Crippen molar-refractivity contribution in [3.8, 4) is 0 Å². The van der Waals surface area contributed by atoms with Gasteiger partial charge in [-0.2, -0.15) is 5.10 Å². The summed E-state index contributed by atoms with van der Waals surface area (Å²) in [5.74, 6) is -0.429. The number of carbonyl (C=O) groups is 2. The Morgan fingerprint density at radius 1 is 1.07 bits per heavy atom. The van der Waals surface area contributed by atoms with Crippen molar-refractivity contribution in [1.82, 2.24) is 15.1 Å². The SMILES string of the molecule is Cc1cc(C)cc(N2C(=O)c3cc(C)nn3C[C@]2(C)C(=O)NCc2ccccc2)c1. The molecular weight excluding hydrogens is 376 g/mol. The van der Waals surface area contributed by atoms with Gasteiger partial charge >= 0.3 is 0 Å². The Morgan fingerprint density at radius 3 is 2.40 bits per heavy atom. The van der Waals surface area contributed by atoms with Crippen LogP contribution in [0.2, 0.25) is 0 Å². The maximum Gasteiger partial charge on any atom is 0.277 e. The van der Waals surface area contributed by atoms with Crippen LogP contribution in [0.3, 0.4) is 0 Å². The summed E-state index contributed by atoms with van der Waals surface area (Å²) in [6, 6.07) is 17.5. The molecule has 2 heterocycles. The average Bonchev–Trinajstić information content (AvgIpc) is 3.06. The zero-order chi connectivity index (χ0) is 21.5. The zero-order valence-corrected chi connectivity index (χ0v) is 17.8. The Hall–Kier alpha value is -3.41. The third-order valence-electron chi connectivity index (χ3n) is 5.53. The number of anilines is 1. The number of amides is 2. The number of rotatable bonds is 4. The first-order valence-corrected chi connectivity index (χ1v) is 10.1. The molecule has 0 aliphatic carbocycles. The topological polar surface area (TPSA) is 67.2 Å². The lowest BCUT2D eigenvalue weighted by Crippen LogP contribution is -2.64. The molecule has 30 heavy (non-hydrogen) atoms. The lowest BCUT2D eigenvalue weighted by atomic mass is 9.93. The van der Waals surface area contributed by atoms with Crippen LogP contribution in [0.1, 0.15) is 39.8 Å². The predicted octanol–water partition coefficient (Wildman–Crippen LogP) is 3.54. The Balaban J connectivity index is 1.75. The molecule has 2 aromatic carbocycles. The second-order valence-electron chi connectivity index (χ2n) is 8.26. The van der Waals surface area contributed by atoms with Crippen molar-refractivity contribution in [2.45, 2.75) is 46.3 Å². The molecule has 4 rings (SSSR count). The fraction of sp³-hybridized carbons (Fsp3) is 0.292. The Morgan fingerprint density at radius 2 is 1.73 bits per heavy atom. The standard InChI is InChI=1S/C24H26N4O2/c1-16-10-17(2)12-20(11-16)28-22(29)21-13-18(3)26-27(21)15-24(28,4)23(30)25-14-19-8-6-5-7-9-19/h5-13H,14-15H2,1-4H3,(H,25,30)/t24-/m1/s1. The number of aromatic nitrogens is 2. The van der Waals surface area contributed by atoms with E-state index in [1.54, 1.807) is 15.6 Å². The van der Waals surface area contributed by atoms with Crippen LogP contribution in [-0.4, -0.2) is 27.1 Å². The molecule has 0 radical (unpaired) electrons. The highest BCUT2D eigenvalue weighted by Crippen LogP contribution is 2.34. The third kappa shape index (κ3) is 3.49. The van der Waals surface area contributed by atoms with Crippen molar-refractivity contribution in [3.05, 3.63) is 82.7 Å². The molecule has 1 N–H and O–H groups in total. The van der Waals surface area contributed by atoms with Crippen LogP contribution >= 0.6 is 0 Å². The summed E-state index contributed by atoms with van der Waals surface area (Å²) in [4.78, 5) is 28.6. The molecule has 1 aliphatic rings. The normalized spacial score (nSPS) is 18.3. The first kappa shape index (κ1) is 19.9. The van der Waals surface area contributed by atoms with Crippen molar-refractivity contribution >= 4 is 17.5 Å². The van der Waals surface area contributed by atoms with Crippen LogP contribution in [-0.2, 0) is 17.9 Å². The molecule has 0 unspecified atom stereocenters. The summed E-state index contributed by atoms with van der Waals surface area (Å²) < 4.78 is 1.65. The molecule has 1 atom stereocenters. The highest BCUT2D eigenvalue weighted by molar-refractivity contribution is 6.11. The third-order valence-corrected chi connectivity index (χ3v) is 5.53. The summed E-state index contributed by atoms with van der Waals surface area (Å²) >= 11 is 0. The highest BCUT2D eigenvalue weighted by Gasteiger charge is 2.48. The predicted molar refractivity (Wildman–Crippen MR) is 116 cm³/mol. The van der Waals surface area contributed by atoms with E-state index in [4.69, 9.17) is 0 Å². The van der Waals surface area contributed by atoms with Crippen LogP contribution in [0.4, 0.5) is 5.69 Å². The van der Waals surface area contributed by atoms with Gasteiger partial charge in [-0.3, -0.25) is 19.2 Å². The monoisotopic (exact) mass is 402 g/mol. The van der Waals surface area contributed by atoms with E-state index in [9.17, 15) is 9.59 Å². The molecule has 3 aromatic rings. The van der Waals surface area contributed by atoms with Gasteiger partial charge in [0.1, 0.15) is 11.2 Å². The van der Waals surface area contributed by atoms with E-state index in [1.165, 1.54) is 0 Å². The molecule has 0 saturated heterocycles. The second kappa shape index (κ2) is 7.44. The van der Waals surface area contributed by atoms with Gasteiger partial charge in [0.2, 0.25) is 5.91 Å². The molecule has 6 nitrogen and oxygen atoms in total. The summed E-state index contributed by atoms with van der Waals surface area (Å²) in [7, 11) is 0. The van der Waals surface area contributed by atoms with Crippen molar-refractivity contribution < 1.29 is 9.59 Å². The summed E-state index contributed by atoms with van der Waals surface area (Å²) in [6.07, 6.45) is 0. The van der Waals surface area contributed by atoms with Gasteiger partial charge in [0.25, 0.3) is 5.91 Å². The summed E-state index contributed by atoms with van der Waals surface area (Å²) in [5, 5.41) is 7.47. The number of nitrogens with zero attached hydrogens (tertiary/aromatic N) is 3. The van der Waals surface area contributed by atoms with Crippen LogP contribution in [0, 0.1) is 20.8 Å².